The van der Waals surface area contributed by atoms with Gasteiger partial charge in [0.2, 0.25) is 11.8 Å². The average molecular weight is 342 g/mol. The van der Waals surface area contributed by atoms with Gasteiger partial charge in [-0.3, -0.25) is 9.69 Å². The van der Waals surface area contributed by atoms with Crippen molar-refractivity contribution in [3.05, 3.63) is 35.4 Å². The van der Waals surface area contributed by atoms with E-state index in [1.54, 1.807) is 17.0 Å². The van der Waals surface area contributed by atoms with E-state index in [9.17, 15) is 4.79 Å². The smallest absolute Gasteiger partial charge is 0.234 e. The molecule has 2 heterocycles. The molecular formula is C13H10BrClN2O2. The molecule has 1 amide bonds. The highest BCUT2D eigenvalue weighted by molar-refractivity contribution is 9.09. The van der Waals surface area contributed by atoms with E-state index in [4.69, 9.17) is 16.1 Å². The normalized spacial score (nSPS) is 19.2. The van der Waals surface area contributed by atoms with E-state index in [0.717, 1.165) is 5.56 Å². The van der Waals surface area contributed by atoms with Gasteiger partial charge in [0.25, 0.3) is 0 Å². The van der Waals surface area contributed by atoms with Crippen molar-refractivity contribution >= 4 is 39.3 Å². The summed E-state index contributed by atoms with van der Waals surface area (Å²) in [5.41, 5.74) is 1.42. The summed E-state index contributed by atoms with van der Waals surface area (Å²) in [6, 6.07) is 9.13. The Balaban J connectivity index is 1.92. The maximum atomic E-state index is 11.8. The van der Waals surface area contributed by atoms with Gasteiger partial charge in [-0.1, -0.05) is 50.9 Å². The summed E-state index contributed by atoms with van der Waals surface area (Å²) >= 11 is 9.54. The predicted molar refractivity (Wildman–Crippen MR) is 76.6 cm³/mol. The van der Waals surface area contributed by atoms with Gasteiger partial charge in [0.1, 0.15) is 5.69 Å². The molecule has 0 radical (unpaired) electrons. The maximum absolute atomic E-state index is 11.8. The highest BCUT2D eigenvalue weighted by Gasteiger charge is 2.31. The van der Waals surface area contributed by atoms with Crippen molar-refractivity contribution in [3.8, 4) is 11.3 Å². The summed E-state index contributed by atoms with van der Waals surface area (Å²) in [5.74, 6) is 0.491. The molecule has 1 aliphatic rings. The van der Waals surface area contributed by atoms with Crippen LogP contribution in [0.25, 0.3) is 11.3 Å². The summed E-state index contributed by atoms with van der Waals surface area (Å²) in [6.45, 7) is 0.593. The maximum Gasteiger partial charge on any atom is 0.234 e. The van der Waals surface area contributed by atoms with Gasteiger partial charge in [0.05, 0.1) is 5.02 Å². The van der Waals surface area contributed by atoms with Gasteiger partial charge in [-0.15, -0.1) is 0 Å². The summed E-state index contributed by atoms with van der Waals surface area (Å²) in [4.78, 5) is 13.5. The molecular weight excluding hydrogens is 332 g/mol. The lowest BCUT2D eigenvalue weighted by molar-refractivity contribution is -0.117. The number of benzene rings is 1. The van der Waals surface area contributed by atoms with Crippen LogP contribution in [0, 0.1) is 0 Å². The third kappa shape index (κ3) is 2.40. The van der Waals surface area contributed by atoms with Crippen LogP contribution >= 0.6 is 27.5 Å². The van der Waals surface area contributed by atoms with Gasteiger partial charge in [-0.2, -0.15) is 0 Å². The topological polar surface area (TPSA) is 46.3 Å². The van der Waals surface area contributed by atoms with Crippen LogP contribution in [-0.4, -0.2) is 22.4 Å². The van der Waals surface area contributed by atoms with E-state index >= 15 is 0 Å². The van der Waals surface area contributed by atoms with Crippen LogP contribution in [0.1, 0.15) is 6.42 Å². The number of nitrogens with zero attached hydrogens (tertiary/aromatic N) is 2. The zero-order valence-corrected chi connectivity index (χ0v) is 12.2. The van der Waals surface area contributed by atoms with E-state index < -0.39 is 0 Å². The van der Waals surface area contributed by atoms with Gasteiger partial charge < -0.3 is 4.52 Å². The summed E-state index contributed by atoms with van der Waals surface area (Å²) in [5, 5.41) is 4.59. The van der Waals surface area contributed by atoms with Crippen LogP contribution in [0.5, 0.6) is 0 Å². The second-order valence-electron chi connectivity index (χ2n) is 4.34. The van der Waals surface area contributed by atoms with Crippen LogP contribution in [0.3, 0.4) is 0 Å². The number of rotatable bonds is 2. The minimum absolute atomic E-state index is 0.0312. The number of carbonyl (C=O) groups is 1. The van der Waals surface area contributed by atoms with Gasteiger partial charge in [-0.05, 0) is 6.07 Å². The number of hydrogen-bond acceptors (Lipinski definition) is 3. The quantitative estimate of drug-likeness (QED) is 0.786. The minimum Gasteiger partial charge on any atom is -0.338 e. The molecule has 0 N–H and O–H groups in total. The summed E-state index contributed by atoms with van der Waals surface area (Å²) in [7, 11) is 0. The fourth-order valence-electron chi connectivity index (χ4n) is 2.07. The summed E-state index contributed by atoms with van der Waals surface area (Å²) < 4.78 is 5.25. The van der Waals surface area contributed by atoms with Crippen molar-refractivity contribution < 1.29 is 9.32 Å². The molecule has 1 unspecified atom stereocenters. The molecule has 6 heteroatoms. The Bertz CT molecular complexity index is 629. The number of amides is 1. The zero-order valence-electron chi connectivity index (χ0n) is 9.85. The molecule has 1 aliphatic heterocycles. The van der Waals surface area contributed by atoms with Crippen LogP contribution < -0.4 is 4.90 Å². The van der Waals surface area contributed by atoms with Gasteiger partial charge in [0.15, 0.2) is 0 Å². The number of halogens is 2. The molecule has 1 aromatic carbocycles. The molecule has 4 nitrogen and oxygen atoms in total. The van der Waals surface area contributed by atoms with E-state index in [-0.39, 0.29) is 10.7 Å². The number of aromatic nitrogens is 1. The van der Waals surface area contributed by atoms with Crippen molar-refractivity contribution in [3.63, 3.8) is 0 Å². The van der Waals surface area contributed by atoms with Crippen LogP contribution in [0.15, 0.2) is 34.9 Å². The van der Waals surface area contributed by atoms with Crippen LogP contribution in [0.4, 0.5) is 5.88 Å². The average Bonchev–Trinajstić information content (AvgIpc) is 2.96. The molecule has 98 valence electrons. The lowest BCUT2D eigenvalue weighted by Gasteiger charge is -2.09. The molecule has 1 fully saturated rings. The minimum atomic E-state index is 0.0312. The Hall–Kier alpha value is -1.33. The largest absolute Gasteiger partial charge is 0.338 e. The van der Waals surface area contributed by atoms with Crippen LogP contribution in [0.2, 0.25) is 5.02 Å². The Kier molecular flexibility index (Phi) is 3.33. The monoisotopic (exact) mass is 340 g/mol. The Morgan fingerprint density at radius 1 is 1.42 bits per heavy atom. The van der Waals surface area contributed by atoms with Crippen molar-refractivity contribution in [2.45, 2.75) is 11.2 Å². The van der Waals surface area contributed by atoms with Crippen LogP contribution in [-0.2, 0) is 4.79 Å². The highest BCUT2D eigenvalue weighted by Crippen LogP contribution is 2.31. The first kappa shape index (κ1) is 12.7. The molecule has 0 spiro atoms. The Labute approximate surface area is 123 Å². The molecule has 19 heavy (non-hydrogen) atoms. The highest BCUT2D eigenvalue weighted by atomic mass is 79.9. The Morgan fingerprint density at radius 3 is 2.89 bits per heavy atom. The molecule has 0 saturated carbocycles. The van der Waals surface area contributed by atoms with E-state index in [1.165, 1.54) is 0 Å². The van der Waals surface area contributed by atoms with Crippen molar-refractivity contribution in [2.24, 2.45) is 0 Å². The van der Waals surface area contributed by atoms with Crippen molar-refractivity contribution in [1.82, 2.24) is 5.16 Å². The third-order valence-corrected chi connectivity index (χ3v) is 3.93. The van der Waals surface area contributed by atoms with Crippen molar-refractivity contribution in [2.75, 3.05) is 11.4 Å². The van der Waals surface area contributed by atoms with Gasteiger partial charge in [0, 0.05) is 29.4 Å². The first-order chi connectivity index (χ1) is 9.15. The van der Waals surface area contributed by atoms with E-state index in [0.29, 0.717) is 29.6 Å². The lowest BCUT2D eigenvalue weighted by atomic mass is 10.1. The molecule has 0 aliphatic carbocycles. The number of anilines is 1. The van der Waals surface area contributed by atoms with E-state index in [2.05, 4.69) is 21.1 Å². The first-order valence-electron chi connectivity index (χ1n) is 5.81. The molecule has 2 aromatic rings. The number of alkyl halides is 1. The molecule has 1 atom stereocenters. The number of hydrogen-bond donors (Lipinski definition) is 0. The molecule has 1 saturated heterocycles. The molecule has 0 bridgehead atoms. The Morgan fingerprint density at radius 2 is 2.21 bits per heavy atom. The fraction of sp³-hybridized carbons (Fsp3) is 0.231. The zero-order chi connectivity index (χ0) is 13.4. The second-order valence-corrected chi connectivity index (χ2v) is 6.04. The molecule has 1 aromatic heterocycles. The van der Waals surface area contributed by atoms with Gasteiger partial charge >= 0.3 is 0 Å². The summed E-state index contributed by atoms with van der Waals surface area (Å²) in [6.07, 6.45) is 0.474. The SMILES string of the molecule is O=C1CC(Br)CN1c1cc(-c2ccccc2Cl)no1. The third-order valence-electron chi connectivity index (χ3n) is 2.99. The van der Waals surface area contributed by atoms with Crippen molar-refractivity contribution in [1.29, 1.82) is 0 Å². The standard InChI is InChI=1S/C13H10BrClN2O2/c14-8-5-12(18)17(7-8)13-6-11(16-19-13)9-3-1-2-4-10(9)15/h1-4,6,8H,5,7H2. The van der Waals surface area contributed by atoms with E-state index in [1.807, 2.05) is 18.2 Å². The first-order valence-corrected chi connectivity index (χ1v) is 7.10. The predicted octanol–water partition coefficient (Wildman–Crippen LogP) is 3.50. The van der Waals surface area contributed by atoms with Gasteiger partial charge in [-0.25, -0.2) is 0 Å². The number of carbonyl (C=O) groups excluding carboxylic acids is 1. The molecule has 3 rings (SSSR count). The fourth-order valence-corrected chi connectivity index (χ4v) is 2.86. The lowest BCUT2D eigenvalue weighted by Crippen LogP contribution is -2.23. The second kappa shape index (κ2) is 4.98.